The number of nitrogens with one attached hydrogen (secondary N) is 2. The molecule has 0 aliphatic rings. The Morgan fingerprint density at radius 1 is 1.39 bits per heavy atom. The second kappa shape index (κ2) is 5.05. The van der Waals surface area contributed by atoms with E-state index in [9.17, 15) is 8.42 Å². The SMILES string of the molecule is CCNc1cccnc1S(=O)(=O)Nc1ccon1. The second-order valence-corrected chi connectivity index (χ2v) is 4.97. The lowest BCUT2D eigenvalue weighted by molar-refractivity contribution is 0.423. The van der Waals surface area contributed by atoms with Gasteiger partial charge in [-0.15, -0.1) is 0 Å². The predicted molar refractivity (Wildman–Crippen MR) is 65.7 cm³/mol. The van der Waals surface area contributed by atoms with Crippen LogP contribution in [0.2, 0.25) is 0 Å². The van der Waals surface area contributed by atoms with E-state index in [2.05, 4.69) is 24.7 Å². The van der Waals surface area contributed by atoms with Crippen molar-refractivity contribution in [3.05, 3.63) is 30.7 Å². The van der Waals surface area contributed by atoms with Gasteiger partial charge in [-0.3, -0.25) is 4.72 Å². The fourth-order valence-corrected chi connectivity index (χ4v) is 2.49. The van der Waals surface area contributed by atoms with Crippen molar-refractivity contribution in [2.24, 2.45) is 0 Å². The smallest absolute Gasteiger partial charge is 0.282 e. The molecule has 0 spiro atoms. The van der Waals surface area contributed by atoms with E-state index in [4.69, 9.17) is 0 Å². The molecule has 0 aliphatic heterocycles. The predicted octanol–water partition coefficient (Wildman–Crippen LogP) is 1.30. The third-order valence-corrected chi connectivity index (χ3v) is 3.38. The van der Waals surface area contributed by atoms with Crippen LogP contribution in [-0.4, -0.2) is 25.1 Å². The van der Waals surface area contributed by atoms with Crippen LogP contribution in [0.15, 0.2) is 40.2 Å². The monoisotopic (exact) mass is 268 g/mol. The molecule has 0 amide bonds. The minimum atomic E-state index is -3.78. The Balaban J connectivity index is 2.35. The quantitative estimate of drug-likeness (QED) is 0.848. The molecule has 0 atom stereocenters. The molecule has 18 heavy (non-hydrogen) atoms. The average molecular weight is 268 g/mol. The van der Waals surface area contributed by atoms with Gasteiger partial charge < -0.3 is 9.84 Å². The van der Waals surface area contributed by atoms with Crippen molar-refractivity contribution < 1.29 is 12.9 Å². The van der Waals surface area contributed by atoms with Crippen LogP contribution in [0.25, 0.3) is 0 Å². The molecule has 0 saturated heterocycles. The molecule has 7 nitrogen and oxygen atoms in total. The summed E-state index contributed by atoms with van der Waals surface area (Å²) in [7, 11) is -3.78. The Bertz CT molecular complexity index is 610. The van der Waals surface area contributed by atoms with Gasteiger partial charge in [-0.25, -0.2) is 4.98 Å². The van der Waals surface area contributed by atoms with E-state index in [0.29, 0.717) is 12.2 Å². The van der Waals surface area contributed by atoms with Crippen molar-refractivity contribution in [1.82, 2.24) is 10.1 Å². The maximum Gasteiger partial charge on any atom is 0.282 e. The van der Waals surface area contributed by atoms with Gasteiger partial charge in [0.05, 0.1) is 5.69 Å². The highest BCUT2D eigenvalue weighted by Crippen LogP contribution is 2.20. The summed E-state index contributed by atoms with van der Waals surface area (Å²) in [6.45, 7) is 2.46. The summed E-state index contributed by atoms with van der Waals surface area (Å²) in [5.74, 6) is 0.114. The summed E-state index contributed by atoms with van der Waals surface area (Å²) < 4.78 is 31.0. The van der Waals surface area contributed by atoms with E-state index in [1.54, 1.807) is 12.1 Å². The first-order chi connectivity index (χ1) is 8.63. The Morgan fingerprint density at radius 2 is 2.22 bits per heavy atom. The lowest BCUT2D eigenvalue weighted by atomic mass is 10.4. The number of aromatic nitrogens is 2. The number of hydrogen-bond donors (Lipinski definition) is 2. The van der Waals surface area contributed by atoms with Crippen LogP contribution < -0.4 is 10.0 Å². The van der Waals surface area contributed by atoms with Crippen LogP contribution >= 0.6 is 0 Å². The summed E-state index contributed by atoms with van der Waals surface area (Å²) in [6.07, 6.45) is 2.69. The van der Waals surface area contributed by atoms with Crippen molar-refractivity contribution >= 4 is 21.5 Å². The minimum Gasteiger partial charge on any atom is -0.383 e. The first-order valence-corrected chi connectivity index (χ1v) is 6.74. The molecule has 0 saturated carbocycles. The fourth-order valence-electron chi connectivity index (χ4n) is 1.38. The number of sulfonamides is 1. The van der Waals surface area contributed by atoms with Gasteiger partial charge >= 0.3 is 0 Å². The molecule has 2 rings (SSSR count). The van der Waals surface area contributed by atoms with E-state index in [0.717, 1.165) is 0 Å². The molecule has 0 unspecified atom stereocenters. The summed E-state index contributed by atoms with van der Waals surface area (Å²) in [4.78, 5) is 3.88. The van der Waals surface area contributed by atoms with E-state index in [1.807, 2.05) is 6.92 Å². The fraction of sp³-hybridized carbons (Fsp3) is 0.200. The van der Waals surface area contributed by atoms with E-state index in [-0.39, 0.29) is 10.8 Å². The number of nitrogens with zero attached hydrogens (tertiary/aromatic N) is 2. The summed E-state index contributed by atoms with van der Waals surface area (Å²) in [5, 5.41) is 6.35. The number of pyridine rings is 1. The molecule has 0 aliphatic carbocycles. The molecule has 8 heteroatoms. The van der Waals surface area contributed by atoms with Gasteiger partial charge in [0.25, 0.3) is 10.0 Å². The van der Waals surface area contributed by atoms with Crippen LogP contribution in [-0.2, 0) is 10.0 Å². The molecule has 2 aromatic heterocycles. The van der Waals surface area contributed by atoms with Crippen LogP contribution in [0, 0.1) is 0 Å². The van der Waals surface area contributed by atoms with E-state index >= 15 is 0 Å². The Hall–Kier alpha value is -2.09. The second-order valence-electron chi connectivity index (χ2n) is 3.38. The van der Waals surface area contributed by atoms with E-state index in [1.165, 1.54) is 18.5 Å². The normalized spacial score (nSPS) is 11.2. The molecule has 0 fully saturated rings. The average Bonchev–Trinajstić information content (AvgIpc) is 2.82. The van der Waals surface area contributed by atoms with Crippen molar-refractivity contribution in [2.45, 2.75) is 11.9 Å². The van der Waals surface area contributed by atoms with Crippen LogP contribution in [0.5, 0.6) is 0 Å². The number of anilines is 2. The van der Waals surface area contributed by atoms with Gasteiger partial charge in [-0.2, -0.15) is 8.42 Å². The number of hydrogen-bond acceptors (Lipinski definition) is 6. The van der Waals surface area contributed by atoms with Gasteiger partial charge in [-0.1, -0.05) is 5.16 Å². The van der Waals surface area contributed by atoms with Crippen LogP contribution in [0.4, 0.5) is 11.5 Å². The standard InChI is InChI=1S/C10H12N4O3S/c1-2-11-8-4-3-6-12-10(8)18(15,16)14-9-5-7-17-13-9/h3-7,11H,2H2,1H3,(H,13,14). The Kier molecular flexibility index (Phi) is 3.47. The first kappa shape index (κ1) is 12.4. The molecule has 2 aromatic rings. The van der Waals surface area contributed by atoms with Gasteiger partial charge in [0, 0.05) is 18.8 Å². The lowest BCUT2D eigenvalue weighted by Gasteiger charge is -2.09. The maximum atomic E-state index is 12.1. The largest absolute Gasteiger partial charge is 0.383 e. The van der Waals surface area contributed by atoms with Gasteiger partial charge in [0.1, 0.15) is 6.26 Å². The third kappa shape index (κ3) is 2.59. The van der Waals surface area contributed by atoms with Crippen LogP contribution in [0.1, 0.15) is 6.92 Å². The van der Waals surface area contributed by atoms with Crippen LogP contribution in [0.3, 0.4) is 0 Å². The highest BCUT2D eigenvalue weighted by Gasteiger charge is 2.20. The molecule has 96 valence electrons. The van der Waals surface area contributed by atoms with E-state index < -0.39 is 10.0 Å². The molecule has 2 N–H and O–H groups in total. The Labute approximate surface area is 104 Å². The zero-order valence-electron chi connectivity index (χ0n) is 9.62. The molecular weight excluding hydrogens is 256 g/mol. The van der Waals surface area contributed by atoms with Crippen molar-refractivity contribution in [1.29, 1.82) is 0 Å². The molecular formula is C10H12N4O3S. The van der Waals surface area contributed by atoms with Gasteiger partial charge in [0.15, 0.2) is 10.8 Å². The Morgan fingerprint density at radius 3 is 2.89 bits per heavy atom. The van der Waals surface area contributed by atoms with Gasteiger partial charge in [-0.05, 0) is 19.1 Å². The molecule has 0 bridgehead atoms. The highest BCUT2D eigenvalue weighted by molar-refractivity contribution is 7.92. The zero-order valence-corrected chi connectivity index (χ0v) is 10.4. The summed E-state index contributed by atoms with van der Waals surface area (Å²) in [5.41, 5.74) is 0.441. The third-order valence-electron chi connectivity index (χ3n) is 2.07. The summed E-state index contributed by atoms with van der Waals surface area (Å²) in [6, 6.07) is 4.72. The topological polar surface area (TPSA) is 97.1 Å². The van der Waals surface area contributed by atoms with Crippen molar-refractivity contribution in [3.63, 3.8) is 0 Å². The summed E-state index contributed by atoms with van der Waals surface area (Å²) >= 11 is 0. The molecule has 0 aromatic carbocycles. The molecule has 0 radical (unpaired) electrons. The molecule has 2 heterocycles. The lowest BCUT2D eigenvalue weighted by Crippen LogP contribution is -2.17. The van der Waals surface area contributed by atoms with Crippen molar-refractivity contribution in [2.75, 3.05) is 16.6 Å². The van der Waals surface area contributed by atoms with Crippen molar-refractivity contribution in [3.8, 4) is 0 Å². The first-order valence-electron chi connectivity index (χ1n) is 5.25. The van der Waals surface area contributed by atoms with Gasteiger partial charge in [0.2, 0.25) is 0 Å². The minimum absolute atomic E-state index is 0.0742. The number of rotatable bonds is 5. The maximum absolute atomic E-state index is 12.1. The zero-order chi connectivity index (χ0) is 13.0. The highest BCUT2D eigenvalue weighted by atomic mass is 32.2.